The van der Waals surface area contributed by atoms with E-state index in [-0.39, 0.29) is 11.4 Å². The second-order valence-electron chi connectivity index (χ2n) is 5.17. The van der Waals surface area contributed by atoms with Crippen LogP contribution in [0.4, 0.5) is 5.13 Å². The molecule has 0 saturated carbocycles. The largest absolute Gasteiger partial charge is 0.301 e. The van der Waals surface area contributed by atoms with Crippen molar-refractivity contribution in [2.75, 3.05) is 11.9 Å². The zero-order chi connectivity index (χ0) is 17.2. The lowest BCUT2D eigenvalue weighted by atomic mass is 10.2. The lowest BCUT2D eigenvalue weighted by Gasteiger charge is -2.06. The Labute approximate surface area is 143 Å². The molecule has 0 aliphatic heterocycles. The summed E-state index contributed by atoms with van der Waals surface area (Å²) in [5.74, 6) is -0.468. The van der Waals surface area contributed by atoms with Crippen LogP contribution in [0.3, 0.4) is 0 Å². The highest BCUT2D eigenvalue weighted by molar-refractivity contribution is 7.89. The predicted molar refractivity (Wildman–Crippen MR) is 94.6 cm³/mol. The molecule has 0 fully saturated rings. The van der Waals surface area contributed by atoms with E-state index in [0.717, 1.165) is 15.8 Å². The number of hydrogen-bond acceptors (Lipinski definition) is 5. The van der Waals surface area contributed by atoms with Gasteiger partial charge < -0.3 is 5.32 Å². The van der Waals surface area contributed by atoms with Crippen molar-refractivity contribution in [1.29, 1.82) is 0 Å². The molecular weight excluding hydrogens is 346 g/mol. The Balaban J connectivity index is 1.63. The first-order valence-electron chi connectivity index (χ1n) is 7.16. The fourth-order valence-corrected chi connectivity index (χ4v) is 3.91. The Morgan fingerprint density at radius 1 is 1.12 bits per heavy atom. The van der Waals surface area contributed by atoms with Crippen LogP contribution in [0.1, 0.15) is 5.56 Å². The van der Waals surface area contributed by atoms with Gasteiger partial charge in [0.2, 0.25) is 15.9 Å². The van der Waals surface area contributed by atoms with Crippen molar-refractivity contribution in [3.63, 3.8) is 0 Å². The topological polar surface area (TPSA) is 88.2 Å². The van der Waals surface area contributed by atoms with Crippen molar-refractivity contribution in [2.45, 2.75) is 11.8 Å². The van der Waals surface area contributed by atoms with E-state index in [9.17, 15) is 13.2 Å². The third-order valence-electron chi connectivity index (χ3n) is 3.29. The fraction of sp³-hybridized carbons (Fsp3) is 0.125. The van der Waals surface area contributed by atoms with Gasteiger partial charge in [0.15, 0.2) is 5.13 Å². The molecule has 124 valence electrons. The predicted octanol–water partition coefficient (Wildman–Crippen LogP) is 2.52. The molecule has 0 aliphatic rings. The van der Waals surface area contributed by atoms with Gasteiger partial charge in [0.25, 0.3) is 0 Å². The van der Waals surface area contributed by atoms with Crippen LogP contribution in [0.25, 0.3) is 10.2 Å². The molecule has 0 saturated heterocycles. The molecular formula is C16H15N3O3S2. The first-order chi connectivity index (χ1) is 11.4. The third kappa shape index (κ3) is 3.78. The van der Waals surface area contributed by atoms with E-state index in [1.807, 2.05) is 31.2 Å². The van der Waals surface area contributed by atoms with Gasteiger partial charge in [0.05, 0.1) is 21.7 Å². The van der Waals surface area contributed by atoms with E-state index < -0.39 is 15.9 Å². The molecule has 0 bridgehead atoms. The summed E-state index contributed by atoms with van der Waals surface area (Å²) >= 11 is 1.34. The molecule has 3 rings (SSSR count). The molecule has 0 atom stereocenters. The lowest BCUT2D eigenvalue weighted by molar-refractivity contribution is -0.115. The number of carbonyl (C=O) groups excluding carboxylic acids is 1. The van der Waals surface area contributed by atoms with E-state index in [4.69, 9.17) is 0 Å². The summed E-state index contributed by atoms with van der Waals surface area (Å²) in [4.78, 5) is 16.4. The van der Waals surface area contributed by atoms with E-state index in [1.165, 1.54) is 23.5 Å². The highest BCUT2D eigenvalue weighted by Crippen LogP contribution is 2.25. The Hall–Kier alpha value is -2.29. The molecule has 3 aromatic rings. The van der Waals surface area contributed by atoms with Gasteiger partial charge in [-0.2, -0.15) is 0 Å². The minimum atomic E-state index is -3.72. The zero-order valence-corrected chi connectivity index (χ0v) is 14.4. The van der Waals surface area contributed by atoms with Gasteiger partial charge in [0, 0.05) is 0 Å². The smallest absolute Gasteiger partial charge is 0.241 e. The summed E-state index contributed by atoms with van der Waals surface area (Å²) in [6.45, 7) is 1.52. The molecule has 8 heteroatoms. The van der Waals surface area contributed by atoms with Gasteiger partial charge in [-0.1, -0.05) is 41.2 Å². The van der Waals surface area contributed by atoms with Gasteiger partial charge >= 0.3 is 0 Å². The highest BCUT2D eigenvalue weighted by atomic mass is 32.2. The van der Waals surface area contributed by atoms with Crippen molar-refractivity contribution < 1.29 is 13.2 Å². The number of anilines is 1. The molecule has 1 amide bonds. The van der Waals surface area contributed by atoms with Crippen molar-refractivity contribution in [1.82, 2.24) is 9.71 Å². The lowest BCUT2D eigenvalue weighted by Crippen LogP contribution is -2.32. The molecule has 1 heterocycles. The van der Waals surface area contributed by atoms with Crippen LogP contribution in [-0.2, 0) is 14.8 Å². The number of nitrogens with one attached hydrogen (secondary N) is 2. The van der Waals surface area contributed by atoms with Gasteiger partial charge in [-0.25, -0.2) is 18.1 Å². The maximum absolute atomic E-state index is 12.1. The van der Waals surface area contributed by atoms with E-state index in [0.29, 0.717) is 5.13 Å². The third-order valence-corrected chi connectivity index (χ3v) is 5.66. The van der Waals surface area contributed by atoms with Gasteiger partial charge in [-0.3, -0.25) is 4.79 Å². The summed E-state index contributed by atoms with van der Waals surface area (Å²) in [6.07, 6.45) is 0. The van der Waals surface area contributed by atoms with Crippen LogP contribution >= 0.6 is 11.3 Å². The van der Waals surface area contributed by atoms with E-state index in [1.54, 1.807) is 12.1 Å². The van der Waals surface area contributed by atoms with Crippen LogP contribution in [-0.4, -0.2) is 25.9 Å². The van der Waals surface area contributed by atoms with Gasteiger partial charge in [-0.05, 0) is 31.2 Å². The minimum absolute atomic E-state index is 0.126. The number of sulfonamides is 1. The Morgan fingerprint density at radius 2 is 1.83 bits per heavy atom. The fourth-order valence-electron chi connectivity index (χ4n) is 2.05. The summed E-state index contributed by atoms with van der Waals surface area (Å²) in [5, 5.41) is 3.05. The maximum atomic E-state index is 12.1. The van der Waals surface area contributed by atoms with E-state index in [2.05, 4.69) is 15.0 Å². The monoisotopic (exact) mass is 361 g/mol. The second kappa shape index (κ2) is 6.68. The maximum Gasteiger partial charge on any atom is 0.241 e. The number of thiazole rings is 1. The number of rotatable bonds is 5. The quantitative estimate of drug-likeness (QED) is 0.731. The summed E-state index contributed by atoms with van der Waals surface area (Å²) < 4.78 is 27.5. The van der Waals surface area contributed by atoms with Crippen LogP contribution in [0, 0.1) is 6.92 Å². The molecule has 1 aromatic heterocycles. The molecule has 6 nitrogen and oxygen atoms in total. The standard InChI is InChI=1S/C16H15N3O3S2/c1-11-6-8-12(9-7-11)24(21,22)17-10-15(20)19-16-18-13-4-2-3-5-14(13)23-16/h2-9,17H,10H2,1H3,(H,18,19,20). The molecule has 2 aromatic carbocycles. The Bertz CT molecular complexity index is 946. The highest BCUT2D eigenvalue weighted by Gasteiger charge is 2.16. The molecule has 0 radical (unpaired) electrons. The summed E-state index contributed by atoms with van der Waals surface area (Å²) in [6, 6.07) is 13.9. The Morgan fingerprint density at radius 3 is 2.54 bits per heavy atom. The van der Waals surface area contributed by atoms with Crippen molar-refractivity contribution >= 4 is 42.6 Å². The molecule has 0 unspecified atom stereocenters. The molecule has 0 aliphatic carbocycles. The SMILES string of the molecule is Cc1ccc(S(=O)(=O)NCC(=O)Nc2nc3ccccc3s2)cc1. The van der Waals surface area contributed by atoms with Crippen molar-refractivity contribution in [2.24, 2.45) is 0 Å². The number of para-hydroxylation sites is 1. The Kier molecular flexibility index (Phi) is 4.61. The first-order valence-corrected chi connectivity index (χ1v) is 9.46. The van der Waals surface area contributed by atoms with Gasteiger partial charge in [0.1, 0.15) is 0 Å². The van der Waals surface area contributed by atoms with Crippen molar-refractivity contribution in [3.05, 3.63) is 54.1 Å². The number of aromatic nitrogens is 1. The number of carbonyl (C=O) groups is 1. The normalized spacial score (nSPS) is 11.5. The number of hydrogen-bond donors (Lipinski definition) is 2. The number of amides is 1. The first kappa shape index (κ1) is 16.6. The van der Waals surface area contributed by atoms with E-state index >= 15 is 0 Å². The van der Waals surface area contributed by atoms with Crippen LogP contribution in [0.2, 0.25) is 0 Å². The minimum Gasteiger partial charge on any atom is -0.301 e. The van der Waals surface area contributed by atoms with Crippen LogP contribution in [0.15, 0.2) is 53.4 Å². The molecule has 24 heavy (non-hydrogen) atoms. The number of nitrogens with zero attached hydrogens (tertiary/aromatic N) is 1. The number of aryl methyl sites for hydroxylation is 1. The van der Waals surface area contributed by atoms with Crippen molar-refractivity contribution in [3.8, 4) is 0 Å². The molecule has 0 spiro atoms. The summed E-state index contributed by atoms with van der Waals surface area (Å²) in [7, 11) is -3.72. The summed E-state index contributed by atoms with van der Waals surface area (Å²) in [5.41, 5.74) is 1.75. The van der Waals surface area contributed by atoms with Crippen LogP contribution in [0.5, 0.6) is 0 Å². The molecule has 2 N–H and O–H groups in total. The number of benzene rings is 2. The second-order valence-corrected chi connectivity index (χ2v) is 7.97. The average molecular weight is 361 g/mol. The average Bonchev–Trinajstić information content (AvgIpc) is 2.95. The van der Waals surface area contributed by atoms with Crippen LogP contribution < -0.4 is 10.0 Å². The number of fused-ring (bicyclic) bond motifs is 1. The zero-order valence-electron chi connectivity index (χ0n) is 12.8. The van der Waals surface area contributed by atoms with Gasteiger partial charge in [-0.15, -0.1) is 0 Å².